The van der Waals surface area contributed by atoms with Crippen molar-refractivity contribution in [3.63, 3.8) is 0 Å². The molecule has 0 aliphatic heterocycles. The molecule has 8 nitrogen and oxygen atoms in total. The maximum Gasteiger partial charge on any atom is 0.242 e. The molecule has 0 unspecified atom stereocenters. The molecule has 10 heteroatoms. The fourth-order valence-corrected chi connectivity index (χ4v) is 4.40. The molecular formula is C19H28FN3O5S. The van der Waals surface area contributed by atoms with Crippen LogP contribution in [-0.4, -0.2) is 51.1 Å². The summed E-state index contributed by atoms with van der Waals surface area (Å²) in [5.74, 6) is -1.15. The molecule has 2 amide bonds. The molecule has 0 radical (unpaired) electrons. The smallest absolute Gasteiger partial charge is 0.242 e. The Morgan fingerprint density at radius 3 is 2.38 bits per heavy atom. The first-order valence-electron chi connectivity index (χ1n) is 9.67. The zero-order chi connectivity index (χ0) is 21.4. The number of rotatable bonds is 9. The van der Waals surface area contributed by atoms with Crippen LogP contribution in [0.1, 0.15) is 32.6 Å². The van der Waals surface area contributed by atoms with E-state index < -0.39 is 21.9 Å². The van der Waals surface area contributed by atoms with Crippen molar-refractivity contribution in [1.82, 2.24) is 15.4 Å². The van der Waals surface area contributed by atoms with Gasteiger partial charge in [0.05, 0.1) is 11.5 Å². The van der Waals surface area contributed by atoms with Crippen LogP contribution in [0, 0.1) is 17.7 Å². The Balaban J connectivity index is 1.76. The molecule has 1 fully saturated rings. The van der Waals surface area contributed by atoms with Crippen LogP contribution >= 0.6 is 0 Å². The van der Waals surface area contributed by atoms with E-state index in [1.165, 1.54) is 12.1 Å². The number of sulfonamides is 1. The largest absolute Gasteiger partial charge is 0.395 e. The standard InChI is InChI=1S/C19H28FN3O5S/c1-13(18(25)21-10-11-24)23-19(26)15-4-2-14(3-5-15)12-22-29(27,28)17-8-6-16(20)7-9-17/h6-9,13-15,22,24H,2-5,10-12H2,1H3,(H,21,25)(H,23,26)/t13-,14?,15?/m1/s1. The van der Waals surface area contributed by atoms with Gasteiger partial charge in [-0.1, -0.05) is 0 Å². The van der Waals surface area contributed by atoms with Crippen molar-refractivity contribution in [3.05, 3.63) is 30.1 Å². The number of halogens is 1. The second kappa shape index (κ2) is 10.7. The third-order valence-electron chi connectivity index (χ3n) is 5.07. The zero-order valence-electron chi connectivity index (χ0n) is 16.4. The lowest BCUT2D eigenvalue weighted by atomic mass is 9.81. The van der Waals surface area contributed by atoms with Crippen LogP contribution < -0.4 is 15.4 Å². The number of aliphatic hydroxyl groups is 1. The molecule has 29 heavy (non-hydrogen) atoms. The lowest BCUT2D eigenvalue weighted by Crippen LogP contribution is -2.47. The first kappa shape index (κ1) is 23.2. The molecule has 1 saturated carbocycles. The van der Waals surface area contributed by atoms with Crippen LogP contribution in [-0.2, 0) is 19.6 Å². The lowest BCUT2D eigenvalue weighted by Gasteiger charge is -2.28. The summed E-state index contributed by atoms with van der Waals surface area (Å²) in [7, 11) is -3.70. The summed E-state index contributed by atoms with van der Waals surface area (Å²) in [6, 6.07) is 3.95. The highest BCUT2D eigenvalue weighted by Gasteiger charge is 2.28. The summed E-state index contributed by atoms with van der Waals surface area (Å²) in [5.41, 5.74) is 0. The Hall–Kier alpha value is -2.04. The third-order valence-corrected chi connectivity index (χ3v) is 6.51. The summed E-state index contributed by atoms with van der Waals surface area (Å²) in [4.78, 5) is 24.1. The Bertz CT molecular complexity index is 793. The van der Waals surface area contributed by atoms with Crippen molar-refractivity contribution < 1.29 is 27.5 Å². The Morgan fingerprint density at radius 2 is 1.79 bits per heavy atom. The number of carbonyl (C=O) groups is 2. The Morgan fingerprint density at radius 1 is 1.17 bits per heavy atom. The number of nitrogens with one attached hydrogen (secondary N) is 3. The van der Waals surface area contributed by atoms with Gasteiger partial charge in [0.15, 0.2) is 0 Å². The zero-order valence-corrected chi connectivity index (χ0v) is 17.2. The summed E-state index contributed by atoms with van der Waals surface area (Å²) in [5, 5.41) is 13.9. The molecule has 1 atom stereocenters. The highest BCUT2D eigenvalue weighted by Crippen LogP contribution is 2.29. The van der Waals surface area contributed by atoms with Crippen LogP contribution in [0.15, 0.2) is 29.2 Å². The molecule has 0 aromatic heterocycles. The maximum atomic E-state index is 13.0. The second-order valence-electron chi connectivity index (χ2n) is 7.27. The van der Waals surface area contributed by atoms with Crippen molar-refractivity contribution in [2.45, 2.75) is 43.5 Å². The second-order valence-corrected chi connectivity index (χ2v) is 9.04. The van der Waals surface area contributed by atoms with Crippen LogP contribution in [0.3, 0.4) is 0 Å². The monoisotopic (exact) mass is 429 g/mol. The molecular weight excluding hydrogens is 401 g/mol. The highest BCUT2D eigenvalue weighted by atomic mass is 32.2. The molecule has 1 aromatic rings. The molecule has 1 aliphatic carbocycles. The van der Waals surface area contributed by atoms with Crippen molar-refractivity contribution in [1.29, 1.82) is 0 Å². The van der Waals surface area contributed by atoms with E-state index in [9.17, 15) is 22.4 Å². The van der Waals surface area contributed by atoms with Crippen molar-refractivity contribution in [3.8, 4) is 0 Å². The number of carbonyl (C=O) groups excluding carboxylic acids is 2. The van der Waals surface area contributed by atoms with Gasteiger partial charge in [-0.25, -0.2) is 17.5 Å². The van der Waals surface area contributed by atoms with E-state index >= 15 is 0 Å². The number of hydrogen-bond donors (Lipinski definition) is 4. The Kier molecular flexibility index (Phi) is 8.54. The van der Waals surface area contributed by atoms with E-state index in [0.717, 1.165) is 12.1 Å². The molecule has 1 aliphatic rings. The number of benzene rings is 1. The van der Waals surface area contributed by atoms with E-state index in [1.807, 2.05) is 0 Å². The van der Waals surface area contributed by atoms with E-state index in [0.29, 0.717) is 25.7 Å². The molecule has 4 N–H and O–H groups in total. The number of amides is 2. The van der Waals surface area contributed by atoms with Gasteiger partial charge in [0.1, 0.15) is 11.9 Å². The number of hydrogen-bond acceptors (Lipinski definition) is 5. The van der Waals surface area contributed by atoms with E-state index in [4.69, 9.17) is 5.11 Å². The predicted octanol–water partition coefficient (Wildman–Crippen LogP) is 0.524. The molecule has 0 saturated heterocycles. The predicted molar refractivity (Wildman–Crippen MR) is 105 cm³/mol. The van der Waals surface area contributed by atoms with Gasteiger partial charge in [-0.3, -0.25) is 9.59 Å². The molecule has 0 spiro atoms. The summed E-state index contributed by atoms with van der Waals surface area (Å²) in [6.45, 7) is 1.81. The van der Waals surface area contributed by atoms with E-state index in [2.05, 4.69) is 15.4 Å². The minimum absolute atomic E-state index is 0.0143. The van der Waals surface area contributed by atoms with Crippen LogP contribution in [0.25, 0.3) is 0 Å². The first-order valence-corrected chi connectivity index (χ1v) is 11.2. The average molecular weight is 430 g/mol. The van der Waals surface area contributed by atoms with Crippen LogP contribution in [0.2, 0.25) is 0 Å². The molecule has 1 aromatic carbocycles. The van der Waals surface area contributed by atoms with Gasteiger partial charge in [0, 0.05) is 19.0 Å². The number of aliphatic hydroxyl groups excluding tert-OH is 1. The van der Waals surface area contributed by atoms with Gasteiger partial charge in [0.2, 0.25) is 21.8 Å². The molecule has 0 bridgehead atoms. The van der Waals surface area contributed by atoms with Crippen LogP contribution in [0.4, 0.5) is 4.39 Å². The maximum absolute atomic E-state index is 13.0. The van der Waals surface area contributed by atoms with Gasteiger partial charge in [-0.05, 0) is 62.8 Å². The summed E-state index contributed by atoms with van der Waals surface area (Å²) >= 11 is 0. The van der Waals surface area contributed by atoms with Gasteiger partial charge in [-0.15, -0.1) is 0 Å². The van der Waals surface area contributed by atoms with Crippen molar-refractivity contribution >= 4 is 21.8 Å². The highest BCUT2D eigenvalue weighted by molar-refractivity contribution is 7.89. The fourth-order valence-electron chi connectivity index (χ4n) is 3.28. The van der Waals surface area contributed by atoms with Gasteiger partial charge >= 0.3 is 0 Å². The van der Waals surface area contributed by atoms with E-state index in [1.54, 1.807) is 6.92 Å². The molecule has 162 valence electrons. The fraction of sp³-hybridized carbons (Fsp3) is 0.579. The van der Waals surface area contributed by atoms with E-state index in [-0.39, 0.29) is 48.2 Å². The topological polar surface area (TPSA) is 125 Å². The van der Waals surface area contributed by atoms with Crippen LogP contribution in [0.5, 0.6) is 0 Å². The quantitative estimate of drug-likeness (QED) is 0.456. The normalized spacial score (nSPS) is 20.7. The third kappa shape index (κ3) is 7.06. The van der Waals surface area contributed by atoms with Gasteiger partial charge < -0.3 is 15.7 Å². The average Bonchev–Trinajstić information content (AvgIpc) is 2.71. The minimum atomic E-state index is -3.70. The summed E-state index contributed by atoms with van der Waals surface area (Å²) < 4.78 is 40.0. The molecule has 0 heterocycles. The SMILES string of the molecule is C[C@@H](NC(=O)C1CCC(CNS(=O)(=O)c2ccc(F)cc2)CC1)C(=O)NCCO. The van der Waals surface area contributed by atoms with Gasteiger partial charge in [0.25, 0.3) is 0 Å². The van der Waals surface area contributed by atoms with Gasteiger partial charge in [-0.2, -0.15) is 0 Å². The minimum Gasteiger partial charge on any atom is -0.395 e. The Labute approximate surface area is 170 Å². The first-order chi connectivity index (χ1) is 13.7. The molecule has 2 rings (SSSR count). The van der Waals surface area contributed by atoms with Crippen molar-refractivity contribution in [2.24, 2.45) is 11.8 Å². The summed E-state index contributed by atoms with van der Waals surface area (Å²) in [6.07, 6.45) is 2.60. The lowest BCUT2D eigenvalue weighted by molar-refractivity contribution is -0.131. The van der Waals surface area contributed by atoms with Crippen molar-refractivity contribution in [2.75, 3.05) is 19.7 Å².